The zero-order valence-corrected chi connectivity index (χ0v) is 11.2. The smallest absolute Gasteiger partial charge is 0.345 e. The molecule has 1 fully saturated rings. The standard InChI is InChI=1S/C13H19NO2S/c1-3-13(4-2)5-6-14(9-13)10-7-11(12(15)16)17-8-10/h7-8H,3-6,9H2,1-2H3,(H,15,16). The monoisotopic (exact) mass is 253 g/mol. The van der Waals surface area contributed by atoms with Gasteiger partial charge in [0.05, 0.1) is 0 Å². The van der Waals surface area contributed by atoms with Gasteiger partial charge in [-0.15, -0.1) is 11.3 Å². The highest BCUT2D eigenvalue weighted by Gasteiger charge is 2.35. The summed E-state index contributed by atoms with van der Waals surface area (Å²) in [5, 5.41) is 10.9. The second-order valence-corrected chi connectivity index (χ2v) is 5.76. The van der Waals surface area contributed by atoms with Gasteiger partial charge in [0.25, 0.3) is 0 Å². The molecule has 0 atom stereocenters. The normalized spacial score (nSPS) is 18.6. The molecule has 1 aliphatic rings. The van der Waals surface area contributed by atoms with E-state index in [1.165, 1.54) is 30.6 Å². The van der Waals surface area contributed by atoms with Crippen LogP contribution >= 0.6 is 11.3 Å². The summed E-state index contributed by atoms with van der Waals surface area (Å²) in [5.74, 6) is -0.822. The molecule has 0 saturated carbocycles. The van der Waals surface area contributed by atoms with Gasteiger partial charge in [0.2, 0.25) is 0 Å². The maximum atomic E-state index is 10.9. The van der Waals surface area contributed by atoms with Gasteiger partial charge in [-0.3, -0.25) is 0 Å². The molecular formula is C13H19NO2S. The van der Waals surface area contributed by atoms with Gasteiger partial charge >= 0.3 is 5.97 Å². The van der Waals surface area contributed by atoms with Crippen LogP contribution < -0.4 is 4.90 Å². The van der Waals surface area contributed by atoms with Crippen LogP contribution in [0.5, 0.6) is 0 Å². The van der Waals surface area contributed by atoms with Crippen LogP contribution in [0.2, 0.25) is 0 Å². The lowest BCUT2D eigenvalue weighted by molar-refractivity contribution is 0.0702. The van der Waals surface area contributed by atoms with E-state index in [0.717, 1.165) is 18.8 Å². The molecule has 94 valence electrons. The van der Waals surface area contributed by atoms with E-state index in [1.54, 1.807) is 6.07 Å². The summed E-state index contributed by atoms with van der Waals surface area (Å²) in [5.41, 5.74) is 1.52. The number of aromatic carboxylic acids is 1. The molecule has 0 bridgehead atoms. The predicted octanol–water partition coefficient (Wildman–Crippen LogP) is 3.46. The first-order valence-electron chi connectivity index (χ1n) is 6.17. The van der Waals surface area contributed by atoms with Crippen molar-refractivity contribution in [2.45, 2.75) is 33.1 Å². The molecule has 2 heterocycles. The minimum atomic E-state index is -0.822. The fraction of sp³-hybridized carbons (Fsp3) is 0.615. The van der Waals surface area contributed by atoms with Gasteiger partial charge in [0.1, 0.15) is 4.88 Å². The fourth-order valence-electron chi connectivity index (χ4n) is 2.59. The molecule has 0 aromatic carbocycles. The molecule has 0 unspecified atom stereocenters. The number of rotatable bonds is 4. The molecule has 1 N–H and O–H groups in total. The Labute approximate surface area is 106 Å². The molecule has 0 aliphatic carbocycles. The number of anilines is 1. The summed E-state index contributed by atoms with van der Waals surface area (Å²) in [4.78, 5) is 13.6. The van der Waals surface area contributed by atoms with Crippen LogP contribution in [-0.4, -0.2) is 24.2 Å². The van der Waals surface area contributed by atoms with Crippen molar-refractivity contribution in [2.75, 3.05) is 18.0 Å². The maximum absolute atomic E-state index is 10.9. The summed E-state index contributed by atoms with van der Waals surface area (Å²) in [6.45, 7) is 6.62. The molecule has 0 spiro atoms. The van der Waals surface area contributed by atoms with Crippen LogP contribution in [0.4, 0.5) is 5.69 Å². The van der Waals surface area contributed by atoms with Crippen molar-refractivity contribution >= 4 is 23.0 Å². The zero-order chi connectivity index (χ0) is 12.5. The molecular weight excluding hydrogens is 234 g/mol. The Morgan fingerprint density at radius 1 is 1.53 bits per heavy atom. The Balaban J connectivity index is 2.12. The molecule has 3 nitrogen and oxygen atoms in total. The number of hydrogen-bond acceptors (Lipinski definition) is 3. The number of nitrogens with zero attached hydrogens (tertiary/aromatic N) is 1. The van der Waals surface area contributed by atoms with Crippen LogP contribution in [0.25, 0.3) is 0 Å². The predicted molar refractivity (Wildman–Crippen MR) is 71.1 cm³/mol. The second kappa shape index (κ2) is 4.69. The van der Waals surface area contributed by atoms with E-state index >= 15 is 0 Å². The quantitative estimate of drug-likeness (QED) is 0.893. The lowest BCUT2D eigenvalue weighted by atomic mass is 9.82. The number of carboxylic acids is 1. The van der Waals surface area contributed by atoms with Gasteiger partial charge in [0.15, 0.2) is 0 Å². The highest BCUT2D eigenvalue weighted by molar-refractivity contribution is 7.12. The van der Waals surface area contributed by atoms with Gasteiger partial charge in [0, 0.05) is 24.2 Å². The first kappa shape index (κ1) is 12.4. The molecule has 2 rings (SSSR count). The van der Waals surface area contributed by atoms with Crippen molar-refractivity contribution in [1.82, 2.24) is 0 Å². The van der Waals surface area contributed by atoms with E-state index in [9.17, 15) is 4.79 Å². The zero-order valence-electron chi connectivity index (χ0n) is 10.4. The summed E-state index contributed by atoms with van der Waals surface area (Å²) < 4.78 is 0. The average Bonchev–Trinajstić information content (AvgIpc) is 2.96. The minimum absolute atomic E-state index is 0.436. The highest BCUT2D eigenvalue weighted by atomic mass is 32.1. The molecule has 1 saturated heterocycles. The summed E-state index contributed by atoms with van der Waals surface area (Å²) >= 11 is 1.32. The Kier molecular flexibility index (Phi) is 3.43. The van der Waals surface area contributed by atoms with Crippen molar-refractivity contribution in [3.05, 3.63) is 16.3 Å². The van der Waals surface area contributed by atoms with E-state index in [2.05, 4.69) is 18.7 Å². The third kappa shape index (κ3) is 2.32. The molecule has 1 aromatic rings. The first-order chi connectivity index (χ1) is 8.10. The van der Waals surface area contributed by atoms with Gasteiger partial charge in [-0.2, -0.15) is 0 Å². The Hall–Kier alpha value is -1.03. The van der Waals surface area contributed by atoms with E-state index < -0.39 is 5.97 Å². The Bertz CT molecular complexity index is 409. The van der Waals surface area contributed by atoms with E-state index in [-0.39, 0.29) is 0 Å². The molecule has 4 heteroatoms. The summed E-state index contributed by atoms with van der Waals surface area (Å²) in [7, 11) is 0. The number of carbonyl (C=O) groups is 1. The average molecular weight is 253 g/mol. The molecule has 17 heavy (non-hydrogen) atoms. The van der Waals surface area contributed by atoms with Crippen LogP contribution in [0.1, 0.15) is 42.8 Å². The number of hydrogen-bond donors (Lipinski definition) is 1. The number of carboxylic acid groups (broad SMARTS) is 1. The summed E-state index contributed by atoms with van der Waals surface area (Å²) in [6.07, 6.45) is 3.63. The third-order valence-electron chi connectivity index (χ3n) is 4.10. The molecule has 1 aliphatic heterocycles. The fourth-order valence-corrected chi connectivity index (χ4v) is 3.34. The largest absolute Gasteiger partial charge is 0.477 e. The van der Waals surface area contributed by atoms with Crippen molar-refractivity contribution < 1.29 is 9.90 Å². The molecule has 0 radical (unpaired) electrons. The van der Waals surface area contributed by atoms with Crippen LogP contribution in [0, 0.1) is 5.41 Å². The van der Waals surface area contributed by atoms with Gasteiger partial charge in [-0.05, 0) is 30.7 Å². The third-order valence-corrected chi connectivity index (χ3v) is 5.01. The SMILES string of the molecule is CCC1(CC)CCN(c2csc(C(=O)O)c2)C1. The van der Waals surface area contributed by atoms with Gasteiger partial charge in [-0.25, -0.2) is 4.79 Å². The molecule has 1 aromatic heterocycles. The summed E-state index contributed by atoms with van der Waals surface area (Å²) in [6, 6.07) is 1.80. The van der Waals surface area contributed by atoms with Crippen molar-refractivity contribution in [3.63, 3.8) is 0 Å². The van der Waals surface area contributed by atoms with Crippen LogP contribution in [0.3, 0.4) is 0 Å². The molecule has 0 amide bonds. The van der Waals surface area contributed by atoms with E-state index in [4.69, 9.17) is 5.11 Å². The Morgan fingerprint density at radius 2 is 2.24 bits per heavy atom. The topological polar surface area (TPSA) is 40.5 Å². The van der Waals surface area contributed by atoms with E-state index in [0.29, 0.717) is 10.3 Å². The number of thiophene rings is 1. The first-order valence-corrected chi connectivity index (χ1v) is 7.05. The lowest BCUT2D eigenvalue weighted by Crippen LogP contribution is -2.25. The maximum Gasteiger partial charge on any atom is 0.345 e. The minimum Gasteiger partial charge on any atom is -0.477 e. The van der Waals surface area contributed by atoms with Crippen molar-refractivity contribution in [2.24, 2.45) is 5.41 Å². The lowest BCUT2D eigenvalue weighted by Gasteiger charge is -2.26. The van der Waals surface area contributed by atoms with Crippen LogP contribution in [0.15, 0.2) is 11.4 Å². The second-order valence-electron chi connectivity index (χ2n) is 4.85. The Morgan fingerprint density at radius 3 is 2.71 bits per heavy atom. The van der Waals surface area contributed by atoms with Gasteiger partial charge in [-0.1, -0.05) is 13.8 Å². The van der Waals surface area contributed by atoms with Crippen molar-refractivity contribution in [3.8, 4) is 0 Å². The van der Waals surface area contributed by atoms with E-state index in [1.807, 2.05) is 5.38 Å². The van der Waals surface area contributed by atoms with Crippen LogP contribution in [-0.2, 0) is 0 Å². The van der Waals surface area contributed by atoms with Crippen molar-refractivity contribution in [1.29, 1.82) is 0 Å². The van der Waals surface area contributed by atoms with Gasteiger partial charge < -0.3 is 10.0 Å². The highest BCUT2D eigenvalue weighted by Crippen LogP contribution is 2.39.